The summed E-state index contributed by atoms with van der Waals surface area (Å²) in [6, 6.07) is 10.4. The zero-order valence-electron chi connectivity index (χ0n) is 14.6. The summed E-state index contributed by atoms with van der Waals surface area (Å²) in [6.45, 7) is 1.19. The number of anilines is 1. The van der Waals surface area contributed by atoms with Gasteiger partial charge in [-0.1, -0.05) is 18.6 Å². The van der Waals surface area contributed by atoms with Crippen LogP contribution in [0.2, 0.25) is 0 Å². The molecule has 0 spiro atoms. The normalized spacial score (nSPS) is 15.5. The number of carbonyl (C=O) groups is 1. The number of nitrogens with zero attached hydrogens (tertiary/aromatic N) is 2. The Hall–Kier alpha value is -2.25. The highest BCUT2D eigenvalue weighted by Crippen LogP contribution is 2.21. The number of hydrogen-bond acceptors (Lipinski definition) is 4. The summed E-state index contributed by atoms with van der Waals surface area (Å²) in [5.41, 5.74) is 1.60. The van der Waals surface area contributed by atoms with E-state index < -0.39 is 10.0 Å². The first-order valence-electron chi connectivity index (χ1n) is 8.85. The zero-order chi connectivity index (χ0) is 18.4. The van der Waals surface area contributed by atoms with E-state index in [0.29, 0.717) is 36.5 Å². The smallest absolute Gasteiger partial charge is 0.243 e. The maximum Gasteiger partial charge on any atom is 0.243 e. The van der Waals surface area contributed by atoms with Crippen LogP contribution in [0.1, 0.15) is 31.2 Å². The lowest BCUT2D eigenvalue weighted by atomic mass is 10.1. The van der Waals surface area contributed by atoms with E-state index in [1.165, 1.54) is 0 Å². The van der Waals surface area contributed by atoms with Crippen LogP contribution in [-0.2, 0) is 21.2 Å². The van der Waals surface area contributed by atoms with Crippen LogP contribution in [0.4, 0.5) is 5.69 Å². The first kappa shape index (κ1) is 18.5. The summed E-state index contributed by atoms with van der Waals surface area (Å²) >= 11 is 0. The van der Waals surface area contributed by atoms with Crippen LogP contribution in [0.25, 0.3) is 0 Å². The van der Waals surface area contributed by atoms with Gasteiger partial charge in [-0.2, -0.15) is 4.31 Å². The van der Waals surface area contributed by atoms with Crippen LogP contribution in [-0.4, -0.2) is 36.7 Å². The van der Waals surface area contributed by atoms with Gasteiger partial charge in [-0.3, -0.25) is 9.78 Å². The Balaban J connectivity index is 1.56. The molecule has 138 valence electrons. The third kappa shape index (κ3) is 4.68. The Kier molecular flexibility index (Phi) is 6.00. The molecule has 0 aliphatic carbocycles. The van der Waals surface area contributed by atoms with Gasteiger partial charge in [0.2, 0.25) is 15.9 Å². The first-order valence-corrected chi connectivity index (χ1v) is 10.3. The molecule has 2 aromatic rings. The van der Waals surface area contributed by atoms with Gasteiger partial charge in [0, 0.05) is 25.7 Å². The monoisotopic (exact) mass is 373 g/mol. The average molecular weight is 373 g/mol. The Morgan fingerprint density at radius 1 is 1.08 bits per heavy atom. The molecule has 1 aromatic heterocycles. The molecule has 1 aliphatic heterocycles. The van der Waals surface area contributed by atoms with Crippen molar-refractivity contribution in [1.82, 2.24) is 9.29 Å². The highest BCUT2D eigenvalue weighted by Gasteiger charge is 2.25. The highest BCUT2D eigenvalue weighted by molar-refractivity contribution is 7.89. The van der Waals surface area contributed by atoms with Crippen molar-refractivity contribution in [3.8, 4) is 0 Å². The second kappa shape index (κ2) is 8.42. The van der Waals surface area contributed by atoms with Gasteiger partial charge in [0.05, 0.1) is 16.8 Å². The van der Waals surface area contributed by atoms with Gasteiger partial charge in [0.1, 0.15) is 0 Å². The van der Waals surface area contributed by atoms with Crippen molar-refractivity contribution >= 4 is 21.6 Å². The topological polar surface area (TPSA) is 79.4 Å². The van der Waals surface area contributed by atoms with Gasteiger partial charge >= 0.3 is 0 Å². The molecule has 1 aliphatic rings. The van der Waals surface area contributed by atoms with Crippen molar-refractivity contribution in [3.05, 3.63) is 54.4 Å². The second-order valence-electron chi connectivity index (χ2n) is 6.40. The van der Waals surface area contributed by atoms with Gasteiger partial charge in [-0.15, -0.1) is 0 Å². The van der Waals surface area contributed by atoms with Crippen LogP contribution in [0.3, 0.4) is 0 Å². The molecular formula is C19H23N3O3S. The van der Waals surface area contributed by atoms with Crippen molar-refractivity contribution < 1.29 is 13.2 Å². The number of nitrogens with one attached hydrogen (secondary N) is 1. The fraction of sp³-hybridized carbons (Fsp3) is 0.368. The van der Waals surface area contributed by atoms with Crippen molar-refractivity contribution in [2.75, 3.05) is 18.4 Å². The number of pyridine rings is 1. The molecule has 2 heterocycles. The molecule has 1 saturated heterocycles. The quantitative estimate of drug-likeness (QED) is 0.844. The van der Waals surface area contributed by atoms with Gasteiger partial charge in [0.15, 0.2) is 0 Å². The number of piperidine rings is 1. The summed E-state index contributed by atoms with van der Waals surface area (Å²) in [6.07, 6.45) is 7.05. The average Bonchev–Trinajstić information content (AvgIpc) is 2.68. The van der Waals surface area contributed by atoms with Crippen LogP contribution in [0.15, 0.2) is 53.7 Å². The van der Waals surface area contributed by atoms with Gasteiger partial charge in [-0.25, -0.2) is 8.42 Å². The molecule has 0 radical (unpaired) electrons. The van der Waals surface area contributed by atoms with E-state index in [1.54, 1.807) is 53.1 Å². The van der Waals surface area contributed by atoms with Gasteiger partial charge in [0.25, 0.3) is 0 Å². The number of hydrogen-bond donors (Lipinski definition) is 1. The van der Waals surface area contributed by atoms with Crippen LogP contribution in [0.5, 0.6) is 0 Å². The zero-order valence-corrected chi connectivity index (χ0v) is 15.4. The fourth-order valence-electron chi connectivity index (χ4n) is 3.00. The maximum atomic E-state index is 12.6. The fourth-order valence-corrected chi connectivity index (χ4v) is 4.52. The molecule has 6 nitrogen and oxygen atoms in total. The van der Waals surface area contributed by atoms with E-state index in [4.69, 9.17) is 0 Å². The third-order valence-corrected chi connectivity index (χ3v) is 6.38. The van der Waals surface area contributed by atoms with Crippen LogP contribution < -0.4 is 5.32 Å². The van der Waals surface area contributed by atoms with E-state index in [9.17, 15) is 13.2 Å². The molecule has 1 fully saturated rings. The minimum Gasteiger partial charge on any atom is -0.325 e. The Morgan fingerprint density at radius 2 is 1.81 bits per heavy atom. The number of carbonyl (C=O) groups excluding carboxylic acids is 1. The molecule has 0 atom stereocenters. The number of rotatable bonds is 6. The Bertz CT molecular complexity index is 830. The Morgan fingerprint density at radius 3 is 2.46 bits per heavy atom. The van der Waals surface area contributed by atoms with E-state index in [0.717, 1.165) is 24.8 Å². The SMILES string of the molecule is O=C(CCc1ccc(S(=O)(=O)N2CCCCC2)cc1)Nc1cccnc1. The summed E-state index contributed by atoms with van der Waals surface area (Å²) in [4.78, 5) is 16.3. The van der Waals surface area contributed by atoms with E-state index in [-0.39, 0.29) is 5.91 Å². The standard InChI is InChI=1S/C19H23N3O3S/c23-19(21-17-5-4-12-20-15-17)11-8-16-6-9-18(10-7-16)26(24,25)22-13-2-1-3-14-22/h4-7,9-10,12,15H,1-3,8,11,13-14H2,(H,21,23). The van der Waals surface area contributed by atoms with Crippen LogP contribution >= 0.6 is 0 Å². The highest BCUT2D eigenvalue weighted by atomic mass is 32.2. The number of aromatic nitrogens is 1. The van der Waals surface area contributed by atoms with Crippen LogP contribution in [0, 0.1) is 0 Å². The minimum atomic E-state index is -3.40. The number of benzene rings is 1. The molecule has 7 heteroatoms. The summed E-state index contributed by atoms with van der Waals surface area (Å²) in [7, 11) is -3.40. The predicted octanol–water partition coefficient (Wildman–Crippen LogP) is 2.83. The number of amides is 1. The van der Waals surface area contributed by atoms with E-state index in [2.05, 4.69) is 10.3 Å². The third-order valence-electron chi connectivity index (χ3n) is 4.46. The van der Waals surface area contributed by atoms with Crippen molar-refractivity contribution in [1.29, 1.82) is 0 Å². The summed E-state index contributed by atoms with van der Waals surface area (Å²) < 4.78 is 26.8. The molecule has 0 bridgehead atoms. The largest absolute Gasteiger partial charge is 0.325 e. The number of sulfonamides is 1. The van der Waals surface area contributed by atoms with E-state index in [1.807, 2.05) is 0 Å². The molecule has 26 heavy (non-hydrogen) atoms. The molecule has 3 rings (SSSR count). The maximum absolute atomic E-state index is 12.6. The lowest BCUT2D eigenvalue weighted by Gasteiger charge is -2.25. The number of aryl methyl sites for hydroxylation is 1. The molecular weight excluding hydrogens is 350 g/mol. The van der Waals surface area contributed by atoms with Crippen molar-refractivity contribution in [3.63, 3.8) is 0 Å². The van der Waals surface area contributed by atoms with Gasteiger partial charge < -0.3 is 5.32 Å². The summed E-state index contributed by atoms with van der Waals surface area (Å²) in [5.74, 6) is -0.0944. The van der Waals surface area contributed by atoms with E-state index >= 15 is 0 Å². The van der Waals surface area contributed by atoms with Crippen molar-refractivity contribution in [2.24, 2.45) is 0 Å². The minimum absolute atomic E-state index is 0.0944. The molecule has 0 saturated carbocycles. The first-order chi connectivity index (χ1) is 12.6. The lowest BCUT2D eigenvalue weighted by molar-refractivity contribution is -0.116. The second-order valence-corrected chi connectivity index (χ2v) is 8.34. The molecule has 0 unspecified atom stereocenters. The van der Waals surface area contributed by atoms with Gasteiger partial charge in [-0.05, 0) is 49.1 Å². The molecule has 1 aromatic carbocycles. The lowest BCUT2D eigenvalue weighted by Crippen LogP contribution is -2.35. The Labute approximate surface area is 154 Å². The van der Waals surface area contributed by atoms with Crippen molar-refractivity contribution in [2.45, 2.75) is 37.0 Å². The summed E-state index contributed by atoms with van der Waals surface area (Å²) in [5, 5.41) is 2.79. The molecule has 1 N–H and O–H groups in total. The predicted molar refractivity (Wildman–Crippen MR) is 100 cm³/mol. The molecule has 1 amide bonds.